The van der Waals surface area contributed by atoms with Crippen molar-refractivity contribution < 1.29 is 14.7 Å². The van der Waals surface area contributed by atoms with Crippen molar-refractivity contribution in [3.63, 3.8) is 0 Å². The fourth-order valence-corrected chi connectivity index (χ4v) is 1.39. The number of H-pyrrole nitrogens is 1. The predicted molar refractivity (Wildman–Crippen MR) is 67.4 cm³/mol. The predicted octanol–water partition coefficient (Wildman–Crippen LogP) is 0.364. The Kier molecular flexibility index (Phi) is 4.85. The Bertz CT molecular complexity index is 459. The van der Waals surface area contributed by atoms with Gasteiger partial charge in [0, 0.05) is 13.1 Å². The van der Waals surface area contributed by atoms with Gasteiger partial charge in [0.15, 0.2) is 5.82 Å². The van der Waals surface area contributed by atoms with E-state index in [0.717, 1.165) is 0 Å². The number of aromatic amines is 1. The molecule has 1 aromatic heterocycles. The topological polar surface area (TPSA) is 111 Å². The van der Waals surface area contributed by atoms with E-state index in [1.807, 2.05) is 0 Å². The highest BCUT2D eigenvalue weighted by Gasteiger charge is 2.22. The van der Waals surface area contributed by atoms with Gasteiger partial charge in [0.2, 0.25) is 0 Å². The first-order valence-corrected chi connectivity index (χ1v) is 5.93. The van der Waals surface area contributed by atoms with Gasteiger partial charge in [-0.3, -0.25) is 9.89 Å². The summed E-state index contributed by atoms with van der Waals surface area (Å²) in [6.45, 7) is 5.23. The lowest BCUT2D eigenvalue weighted by Crippen LogP contribution is -2.45. The SMILES string of the molecule is Cc1nc(CN(C)C(=O)NC(C)C(C)C(=O)O)n[nH]1. The molecule has 106 valence electrons. The lowest BCUT2D eigenvalue weighted by atomic mass is 10.0. The van der Waals surface area contributed by atoms with E-state index < -0.39 is 17.9 Å². The zero-order valence-corrected chi connectivity index (χ0v) is 11.5. The van der Waals surface area contributed by atoms with E-state index in [4.69, 9.17) is 5.11 Å². The molecule has 2 atom stereocenters. The third kappa shape index (κ3) is 4.23. The van der Waals surface area contributed by atoms with E-state index >= 15 is 0 Å². The summed E-state index contributed by atoms with van der Waals surface area (Å²) >= 11 is 0. The number of nitrogens with zero attached hydrogens (tertiary/aromatic N) is 3. The molecule has 19 heavy (non-hydrogen) atoms. The van der Waals surface area contributed by atoms with Crippen molar-refractivity contribution in [2.45, 2.75) is 33.4 Å². The van der Waals surface area contributed by atoms with Gasteiger partial charge in [-0.15, -0.1) is 0 Å². The Hall–Kier alpha value is -2.12. The van der Waals surface area contributed by atoms with Crippen LogP contribution in [0.5, 0.6) is 0 Å². The molecule has 8 heteroatoms. The monoisotopic (exact) mass is 269 g/mol. The molecule has 1 heterocycles. The summed E-state index contributed by atoms with van der Waals surface area (Å²) in [6, 6.07) is -0.815. The molecule has 0 spiro atoms. The van der Waals surface area contributed by atoms with Gasteiger partial charge < -0.3 is 15.3 Å². The molecule has 0 saturated carbocycles. The molecule has 0 fully saturated rings. The summed E-state index contributed by atoms with van der Waals surface area (Å²) < 4.78 is 0. The summed E-state index contributed by atoms with van der Waals surface area (Å²) in [5.74, 6) is -0.408. The average Bonchev–Trinajstić information content (AvgIpc) is 2.73. The van der Waals surface area contributed by atoms with Crippen LogP contribution in [0.1, 0.15) is 25.5 Å². The molecule has 0 aliphatic carbocycles. The van der Waals surface area contributed by atoms with Crippen molar-refractivity contribution in [1.29, 1.82) is 0 Å². The van der Waals surface area contributed by atoms with E-state index in [1.54, 1.807) is 27.8 Å². The number of carbonyl (C=O) groups is 2. The largest absolute Gasteiger partial charge is 0.481 e. The van der Waals surface area contributed by atoms with Gasteiger partial charge in [0.1, 0.15) is 5.82 Å². The van der Waals surface area contributed by atoms with E-state index in [1.165, 1.54) is 4.90 Å². The van der Waals surface area contributed by atoms with Crippen molar-refractivity contribution in [3.05, 3.63) is 11.6 Å². The molecule has 0 aliphatic rings. The zero-order chi connectivity index (χ0) is 14.6. The Balaban J connectivity index is 2.51. The highest BCUT2D eigenvalue weighted by Crippen LogP contribution is 2.04. The molecule has 8 nitrogen and oxygen atoms in total. The molecule has 0 saturated heterocycles. The van der Waals surface area contributed by atoms with Crippen molar-refractivity contribution >= 4 is 12.0 Å². The molecule has 3 N–H and O–H groups in total. The number of urea groups is 1. The first-order valence-electron chi connectivity index (χ1n) is 5.93. The summed E-state index contributed by atoms with van der Waals surface area (Å²) in [7, 11) is 1.60. The summed E-state index contributed by atoms with van der Waals surface area (Å²) in [4.78, 5) is 28.1. The minimum atomic E-state index is -0.944. The van der Waals surface area contributed by atoms with Gasteiger partial charge >= 0.3 is 12.0 Å². The molecule has 2 amide bonds. The second kappa shape index (κ2) is 6.17. The highest BCUT2D eigenvalue weighted by atomic mass is 16.4. The van der Waals surface area contributed by atoms with E-state index in [-0.39, 0.29) is 12.6 Å². The quantitative estimate of drug-likeness (QED) is 0.714. The number of hydrogen-bond donors (Lipinski definition) is 3. The van der Waals surface area contributed by atoms with Crippen LogP contribution >= 0.6 is 0 Å². The van der Waals surface area contributed by atoms with Gasteiger partial charge in [0.05, 0.1) is 12.5 Å². The summed E-state index contributed by atoms with van der Waals surface area (Å²) in [5, 5.41) is 18.1. The maximum atomic E-state index is 11.8. The standard InChI is InChI=1S/C11H19N5O3/c1-6(10(17)18)7(2)12-11(19)16(4)5-9-13-8(3)14-15-9/h6-7H,5H2,1-4H3,(H,12,19)(H,17,18)(H,13,14,15). The van der Waals surface area contributed by atoms with Crippen LogP contribution in [0.3, 0.4) is 0 Å². The van der Waals surface area contributed by atoms with Crippen molar-refractivity contribution in [3.8, 4) is 0 Å². The molecule has 1 rings (SSSR count). The van der Waals surface area contributed by atoms with Crippen LogP contribution in [0.15, 0.2) is 0 Å². The number of nitrogens with one attached hydrogen (secondary N) is 2. The van der Waals surface area contributed by atoms with Crippen LogP contribution in [0.4, 0.5) is 4.79 Å². The first kappa shape index (κ1) is 14.9. The maximum Gasteiger partial charge on any atom is 0.317 e. The number of aromatic nitrogens is 3. The number of aliphatic carboxylic acids is 1. The fraction of sp³-hybridized carbons (Fsp3) is 0.636. The Morgan fingerprint density at radius 1 is 1.47 bits per heavy atom. The molecule has 1 aromatic rings. The molecule has 0 radical (unpaired) electrons. The lowest BCUT2D eigenvalue weighted by Gasteiger charge is -2.22. The van der Waals surface area contributed by atoms with E-state index in [0.29, 0.717) is 11.6 Å². The second-order valence-electron chi connectivity index (χ2n) is 4.56. The Labute approximate surface area is 111 Å². The smallest absolute Gasteiger partial charge is 0.317 e. The molecule has 0 aliphatic heterocycles. The molecular weight excluding hydrogens is 250 g/mol. The number of hydrogen-bond acceptors (Lipinski definition) is 4. The van der Waals surface area contributed by atoms with Gasteiger partial charge in [-0.2, -0.15) is 5.10 Å². The minimum absolute atomic E-state index is 0.254. The summed E-state index contributed by atoms with van der Waals surface area (Å²) in [6.07, 6.45) is 0. The van der Waals surface area contributed by atoms with Crippen LogP contribution in [0, 0.1) is 12.8 Å². The number of amides is 2. The molecule has 2 unspecified atom stereocenters. The third-order valence-corrected chi connectivity index (χ3v) is 2.86. The molecule has 0 aromatic carbocycles. The zero-order valence-electron chi connectivity index (χ0n) is 11.5. The van der Waals surface area contributed by atoms with Crippen molar-refractivity contribution in [2.24, 2.45) is 5.92 Å². The molecule has 0 bridgehead atoms. The van der Waals surface area contributed by atoms with Crippen LogP contribution in [-0.2, 0) is 11.3 Å². The molecular formula is C11H19N5O3. The Morgan fingerprint density at radius 3 is 2.58 bits per heavy atom. The highest BCUT2D eigenvalue weighted by molar-refractivity contribution is 5.76. The van der Waals surface area contributed by atoms with E-state index in [9.17, 15) is 9.59 Å². The maximum absolute atomic E-state index is 11.8. The van der Waals surface area contributed by atoms with Gasteiger partial charge in [-0.25, -0.2) is 9.78 Å². The normalized spacial score (nSPS) is 13.7. The number of carbonyl (C=O) groups excluding carboxylic acids is 1. The number of rotatable bonds is 5. The lowest BCUT2D eigenvalue weighted by molar-refractivity contribution is -0.141. The van der Waals surface area contributed by atoms with Gasteiger partial charge in [0.25, 0.3) is 0 Å². The average molecular weight is 269 g/mol. The fourth-order valence-electron chi connectivity index (χ4n) is 1.39. The number of carboxylic acid groups (broad SMARTS) is 1. The van der Waals surface area contributed by atoms with Crippen molar-refractivity contribution in [1.82, 2.24) is 25.4 Å². The minimum Gasteiger partial charge on any atom is -0.481 e. The van der Waals surface area contributed by atoms with Crippen LogP contribution < -0.4 is 5.32 Å². The summed E-state index contributed by atoms with van der Waals surface area (Å²) in [5.41, 5.74) is 0. The third-order valence-electron chi connectivity index (χ3n) is 2.86. The van der Waals surface area contributed by atoms with Crippen LogP contribution in [0.2, 0.25) is 0 Å². The first-order chi connectivity index (χ1) is 8.81. The van der Waals surface area contributed by atoms with Crippen LogP contribution in [-0.4, -0.2) is 50.3 Å². The number of carboxylic acids is 1. The Morgan fingerprint density at radius 2 is 2.11 bits per heavy atom. The van der Waals surface area contributed by atoms with Crippen LogP contribution in [0.25, 0.3) is 0 Å². The number of aryl methyl sites for hydroxylation is 1. The van der Waals surface area contributed by atoms with Gasteiger partial charge in [-0.1, -0.05) is 0 Å². The van der Waals surface area contributed by atoms with Crippen molar-refractivity contribution in [2.75, 3.05) is 7.05 Å². The van der Waals surface area contributed by atoms with E-state index in [2.05, 4.69) is 20.5 Å². The van der Waals surface area contributed by atoms with Gasteiger partial charge in [-0.05, 0) is 20.8 Å². The second-order valence-corrected chi connectivity index (χ2v) is 4.56.